The molecule has 2 aliphatic heterocycles. The summed E-state index contributed by atoms with van der Waals surface area (Å²) in [6.07, 6.45) is 1.55. The fourth-order valence-corrected chi connectivity index (χ4v) is 4.21. The van der Waals surface area contributed by atoms with Gasteiger partial charge in [-0.2, -0.15) is 10.4 Å². The standard InChI is InChI=1S/C24H18F2N4O2/c1-24(2,26)14-5-3-12(4-6-14)22-16(9-27)20(21-19(29-22)11-32-23(21)31)15-7-13-10-28-30-18(13)8-17(15)25/h3-8,10,20,29H,11H2,1-2H3,(H,28,30). The summed E-state index contributed by atoms with van der Waals surface area (Å²) < 4.78 is 34.7. The molecular weight excluding hydrogens is 414 g/mol. The molecule has 6 nitrogen and oxygen atoms in total. The molecule has 0 fully saturated rings. The predicted octanol–water partition coefficient (Wildman–Crippen LogP) is 4.34. The Morgan fingerprint density at radius 1 is 1.25 bits per heavy atom. The molecule has 0 radical (unpaired) electrons. The van der Waals surface area contributed by atoms with E-state index in [2.05, 4.69) is 21.6 Å². The molecule has 5 rings (SSSR count). The maximum absolute atomic E-state index is 15.2. The molecule has 0 saturated heterocycles. The number of nitrogens with zero attached hydrogens (tertiary/aromatic N) is 2. The molecule has 0 amide bonds. The van der Waals surface area contributed by atoms with E-state index in [0.29, 0.717) is 33.4 Å². The van der Waals surface area contributed by atoms with E-state index in [1.54, 1.807) is 36.5 Å². The molecule has 2 aliphatic rings. The van der Waals surface area contributed by atoms with Gasteiger partial charge in [0.05, 0.1) is 46.2 Å². The first-order chi connectivity index (χ1) is 15.3. The molecule has 2 N–H and O–H groups in total. The van der Waals surface area contributed by atoms with Gasteiger partial charge in [0, 0.05) is 10.9 Å². The van der Waals surface area contributed by atoms with Crippen LogP contribution in [0.3, 0.4) is 0 Å². The number of nitriles is 1. The van der Waals surface area contributed by atoms with Crippen LogP contribution in [0.4, 0.5) is 8.78 Å². The summed E-state index contributed by atoms with van der Waals surface area (Å²) in [5, 5.41) is 20.5. The Morgan fingerprint density at radius 2 is 2.00 bits per heavy atom. The van der Waals surface area contributed by atoms with Crippen LogP contribution in [0.1, 0.15) is 36.5 Å². The third-order valence-corrected chi connectivity index (χ3v) is 5.86. The molecule has 3 aromatic rings. The first kappa shape index (κ1) is 19.9. The molecule has 1 unspecified atom stereocenters. The van der Waals surface area contributed by atoms with E-state index in [9.17, 15) is 14.4 Å². The number of carbonyl (C=O) groups is 1. The average Bonchev–Trinajstić information content (AvgIpc) is 3.37. The van der Waals surface area contributed by atoms with Gasteiger partial charge < -0.3 is 10.1 Å². The summed E-state index contributed by atoms with van der Waals surface area (Å²) in [6, 6.07) is 11.7. The molecular formula is C24H18F2N4O2. The quantitative estimate of drug-likeness (QED) is 0.601. The normalized spacial score (nSPS) is 18.5. The SMILES string of the molecule is CC(C)(F)c1ccc(C2=C(C#N)C(c3cc4cn[nH]c4cc3F)C3=C(COC3=O)N2)cc1. The summed E-state index contributed by atoms with van der Waals surface area (Å²) >= 11 is 0. The Kier molecular flexibility index (Phi) is 4.38. The van der Waals surface area contributed by atoms with Gasteiger partial charge in [0.25, 0.3) is 0 Å². The lowest BCUT2D eigenvalue weighted by molar-refractivity contribution is -0.136. The molecule has 32 heavy (non-hydrogen) atoms. The topological polar surface area (TPSA) is 90.8 Å². The number of H-pyrrole nitrogens is 1. The zero-order valence-corrected chi connectivity index (χ0v) is 17.3. The number of esters is 1. The van der Waals surface area contributed by atoms with Crippen molar-refractivity contribution in [3.8, 4) is 6.07 Å². The second-order valence-electron chi connectivity index (χ2n) is 8.31. The van der Waals surface area contributed by atoms with Crippen LogP contribution in [-0.4, -0.2) is 22.8 Å². The number of ether oxygens (including phenoxy) is 1. The van der Waals surface area contributed by atoms with Gasteiger partial charge in [0.15, 0.2) is 0 Å². The highest BCUT2D eigenvalue weighted by molar-refractivity contribution is 5.98. The van der Waals surface area contributed by atoms with Crippen LogP contribution < -0.4 is 5.32 Å². The largest absolute Gasteiger partial charge is 0.456 e. The Labute approximate surface area is 182 Å². The summed E-state index contributed by atoms with van der Waals surface area (Å²) in [7, 11) is 0. The minimum atomic E-state index is -1.52. The molecule has 1 atom stereocenters. The van der Waals surface area contributed by atoms with Crippen molar-refractivity contribution in [2.75, 3.05) is 6.61 Å². The molecule has 0 bridgehead atoms. The van der Waals surface area contributed by atoms with Crippen LogP contribution in [-0.2, 0) is 15.2 Å². The van der Waals surface area contributed by atoms with Crippen molar-refractivity contribution in [3.05, 3.63) is 81.9 Å². The van der Waals surface area contributed by atoms with Gasteiger partial charge in [-0.1, -0.05) is 24.3 Å². The zero-order chi connectivity index (χ0) is 22.6. The van der Waals surface area contributed by atoms with Crippen molar-refractivity contribution in [1.82, 2.24) is 15.5 Å². The van der Waals surface area contributed by atoms with Crippen LogP contribution in [0.15, 0.2) is 59.4 Å². The fraction of sp³-hybridized carbons (Fsp3) is 0.208. The third-order valence-electron chi connectivity index (χ3n) is 5.86. The highest BCUT2D eigenvalue weighted by Crippen LogP contribution is 2.44. The van der Waals surface area contributed by atoms with Crippen LogP contribution >= 0.6 is 0 Å². The third kappa shape index (κ3) is 3.05. The Morgan fingerprint density at radius 3 is 2.69 bits per heavy atom. The second kappa shape index (κ2) is 7.02. The number of aromatic amines is 1. The minimum absolute atomic E-state index is 0.00194. The van der Waals surface area contributed by atoms with Crippen molar-refractivity contribution in [2.45, 2.75) is 25.4 Å². The Bertz CT molecular complexity index is 1370. The molecule has 3 heterocycles. The van der Waals surface area contributed by atoms with Crippen molar-refractivity contribution in [1.29, 1.82) is 5.26 Å². The first-order valence-corrected chi connectivity index (χ1v) is 10.0. The van der Waals surface area contributed by atoms with Gasteiger partial charge >= 0.3 is 5.97 Å². The van der Waals surface area contributed by atoms with E-state index < -0.39 is 23.4 Å². The lowest BCUT2D eigenvalue weighted by Gasteiger charge is -2.27. The van der Waals surface area contributed by atoms with E-state index in [4.69, 9.17) is 4.74 Å². The van der Waals surface area contributed by atoms with Gasteiger partial charge in [-0.3, -0.25) is 5.10 Å². The van der Waals surface area contributed by atoms with Crippen molar-refractivity contribution in [2.24, 2.45) is 0 Å². The predicted molar refractivity (Wildman–Crippen MR) is 113 cm³/mol. The summed E-state index contributed by atoms with van der Waals surface area (Å²) in [5.74, 6) is -2.11. The van der Waals surface area contributed by atoms with E-state index in [1.807, 2.05) is 0 Å². The number of hydrogen-bond acceptors (Lipinski definition) is 5. The Hall–Kier alpha value is -3.99. The highest BCUT2D eigenvalue weighted by atomic mass is 19.1. The number of benzene rings is 2. The number of rotatable bonds is 3. The molecule has 2 aromatic carbocycles. The number of alkyl halides is 1. The van der Waals surface area contributed by atoms with Gasteiger partial charge in [-0.25, -0.2) is 13.6 Å². The van der Waals surface area contributed by atoms with Gasteiger partial charge in [-0.15, -0.1) is 0 Å². The summed E-state index contributed by atoms with van der Waals surface area (Å²) in [6.45, 7) is 2.92. The highest BCUT2D eigenvalue weighted by Gasteiger charge is 2.41. The maximum Gasteiger partial charge on any atom is 0.337 e. The van der Waals surface area contributed by atoms with Gasteiger partial charge in [0.2, 0.25) is 0 Å². The average molecular weight is 432 g/mol. The van der Waals surface area contributed by atoms with Gasteiger partial charge in [-0.05, 0) is 37.1 Å². The smallest absolute Gasteiger partial charge is 0.337 e. The van der Waals surface area contributed by atoms with E-state index in [0.717, 1.165) is 0 Å². The number of hydrogen-bond donors (Lipinski definition) is 2. The first-order valence-electron chi connectivity index (χ1n) is 10.0. The molecule has 8 heteroatoms. The van der Waals surface area contributed by atoms with Gasteiger partial charge in [0.1, 0.15) is 18.1 Å². The monoisotopic (exact) mass is 432 g/mol. The van der Waals surface area contributed by atoms with Crippen LogP contribution in [0, 0.1) is 17.1 Å². The molecule has 0 saturated carbocycles. The van der Waals surface area contributed by atoms with Crippen LogP contribution in [0.2, 0.25) is 0 Å². The summed E-state index contributed by atoms with van der Waals surface area (Å²) in [4.78, 5) is 12.5. The molecule has 1 aromatic heterocycles. The number of allylic oxidation sites excluding steroid dienone is 1. The van der Waals surface area contributed by atoms with Crippen LogP contribution in [0.5, 0.6) is 0 Å². The fourth-order valence-electron chi connectivity index (χ4n) is 4.21. The Balaban J connectivity index is 1.71. The van der Waals surface area contributed by atoms with E-state index in [1.165, 1.54) is 19.9 Å². The number of halogens is 2. The number of cyclic esters (lactones) is 1. The molecule has 0 aliphatic carbocycles. The van der Waals surface area contributed by atoms with E-state index in [-0.39, 0.29) is 23.3 Å². The van der Waals surface area contributed by atoms with E-state index >= 15 is 4.39 Å². The second-order valence-corrected chi connectivity index (χ2v) is 8.31. The number of dihydropyridines is 1. The zero-order valence-electron chi connectivity index (χ0n) is 17.3. The number of nitrogens with one attached hydrogen (secondary N) is 2. The maximum atomic E-state index is 15.2. The number of carbonyl (C=O) groups excluding carboxylic acids is 1. The number of aromatic nitrogens is 2. The van der Waals surface area contributed by atoms with Crippen molar-refractivity contribution in [3.63, 3.8) is 0 Å². The number of fused-ring (bicyclic) bond motifs is 1. The minimum Gasteiger partial charge on any atom is -0.456 e. The van der Waals surface area contributed by atoms with Crippen LogP contribution in [0.25, 0.3) is 16.6 Å². The lowest BCUT2D eigenvalue weighted by atomic mass is 9.79. The van der Waals surface area contributed by atoms with Crippen molar-refractivity contribution >= 4 is 22.6 Å². The molecule has 0 spiro atoms. The molecule has 160 valence electrons. The van der Waals surface area contributed by atoms with Crippen molar-refractivity contribution < 1.29 is 18.3 Å². The lowest BCUT2D eigenvalue weighted by Crippen LogP contribution is -2.26. The summed E-state index contributed by atoms with van der Waals surface area (Å²) in [5.41, 5.74) is 1.60.